The summed E-state index contributed by atoms with van der Waals surface area (Å²) in [5.41, 5.74) is 5.12. The zero-order valence-corrected chi connectivity index (χ0v) is 11.2. The second-order valence-electron chi connectivity index (χ2n) is 5.70. The fourth-order valence-corrected chi connectivity index (χ4v) is 2.98. The lowest BCUT2D eigenvalue weighted by Crippen LogP contribution is -2.32. The highest BCUT2D eigenvalue weighted by atomic mass is 16.5. The zero-order valence-electron chi connectivity index (χ0n) is 11.2. The van der Waals surface area contributed by atoms with Crippen LogP contribution < -0.4 is 5.73 Å². The number of carbonyl (C=O) groups excluding carboxylic acids is 2. The van der Waals surface area contributed by atoms with Gasteiger partial charge in [0.2, 0.25) is 0 Å². The summed E-state index contributed by atoms with van der Waals surface area (Å²) >= 11 is 0. The number of ether oxygens (including phenoxy) is 1. The minimum Gasteiger partial charge on any atom is -0.468 e. The van der Waals surface area contributed by atoms with E-state index in [1.807, 2.05) is 0 Å². The normalized spacial score (nSPS) is 33.0. The van der Waals surface area contributed by atoms with Gasteiger partial charge in [-0.15, -0.1) is 0 Å². The predicted molar refractivity (Wildman–Crippen MR) is 65.3 cm³/mol. The Bertz CT molecular complexity index is 319. The third kappa shape index (κ3) is 2.23. The first-order valence-corrected chi connectivity index (χ1v) is 6.09. The lowest BCUT2D eigenvalue weighted by molar-refractivity contribution is -0.138. The minimum absolute atomic E-state index is 0.0255. The molecule has 0 aromatic heterocycles. The number of hydrogen-bond acceptors (Lipinski definition) is 4. The number of nitrogens with two attached hydrogens (primary N) is 1. The first-order valence-electron chi connectivity index (χ1n) is 6.09. The van der Waals surface area contributed by atoms with Crippen molar-refractivity contribution in [2.75, 3.05) is 13.7 Å². The number of esters is 1. The van der Waals surface area contributed by atoms with Crippen LogP contribution in [0, 0.1) is 16.7 Å². The molecule has 98 valence electrons. The van der Waals surface area contributed by atoms with Gasteiger partial charge in [-0.05, 0) is 24.2 Å². The molecule has 0 spiro atoms. The molecule has 0 saturated heterocycles. The van der Waals surface area contributed by atoms with Crippen molar-refractivity contribution in [3.63, 3.8) is 0 Å². The molecule has 0 amide bonds. The Morgan fingerprint density at radius 2 is 2.06 bits per heavy atom. The van der Waals surface area contributed by atoms with E-state index in [9.17, 15) is 9.59 Å². The number of rotatable bonds is 1. The lowest BCUT2D eigenvalue weighted by Gasteiger charge is -2.32. The third-order valence-corrected chi connectivity index (χ3v) is 4.88. The van der Waals surface area contributed by atoms with E-state index in [0.29, 0.717) is 11.7 Å². The van der Waals surface area contributed by atoms with Gasteiger partial charge in [0.25, 0.3) is 0 Å². The molecule has 0 aromatic carbocycles. The molecule has 0 radical (unpaired) electrons. The van der Waals surface area contributed by atoms with Gasteiger partial charge in [-0.2, -0.15) is 0 Å². The molecule has 0 aromatic rings. The SMILES string of the molecule is CC12CCC(CC1=O)C2(C)C.COC(=O)CN. The maximum absolute atomic E-state index is 11.6. The van der Waals surface area contributed by atoms with Gasteiger partial charge in [0.15, 0.2) is 0 Å². The average Bonchev–Trinajstić information content (AvgIpc) is 2.61. The molecule has 2 aliphatic carbocycles. The number of ketones is 1. The summed E-state index contributed by atoms with van der Waals surface area (Å²) in [7, 11) is 1.30. The molecule has 2 N–H and O–H groups in total. The second-order valence-corrected chi connectivity index (χ2v) is 5.70. The van der Waals surface area contributed by atoms with E-state index in [4.69, 9.17) is 5.73 Å². The van der Waals surface area contributed by atoms with Crippen LogP contribution in [-0.4, -0.2) is 25.4 Å². The van der Waals surface area contributed by atoms with Crippen molar-refractivity contribution in [1.82, 2.24) is 0 Å². The molecule has 17 heavy (non-hydrogen) atoms. The van der Waals surface area contributed by atoms with Gasteiger partial charge >= 0.3 is 5.97 Å². The van der Waals surface area contributed by atoms with Gasteiger partial charge < -0.3 is 10.5 Å². The highest BCUT2D eigenvalue weighted by Crippen LogP contribution is 2.63. The maximum Gasteiger partial charge on any atom is 0.319 e. The van der Waals surface area contributed by atoms with Crippen molar-refractivity contribution in [2.45, 2.75) is 40.0 Å². The molecule has 2 fully saturated rings. The number of carbonyl (C=O) groups is 2. The van der Waals surface area contributed by atoms with Crippen LogP contribution in [0.5, 0.6) is 0 Å². The molecule has 2 rings (SSSR count). The fraction of sp³-hybridized carbons (Fsp3) is 0.846. The Labute approximate surface area is 103 Å². The maximum atomic E-state index is 11.6. The molecule has 4 nitrogen and oxygen atoms in total. The van der Waals surface area contributed by atoms with E-state index in [1.54, 1.807) is 0 Å². The Kier molecular flexibility index (Phi) is 3.97. The van der Waals surface area contributed by atoms with E-state index in [0.717, 1.165) is 12.8 Å². The second kappa shape index (κ2) is 4.77. The van der Waals surface area contributed by atoms with Gasteiger partial charge in [-0.1, -0.05) is 20.8 Å². The molecule has 2 atom stereocenters. The van der Waals surface area contributed by atoms with E-state index >= 15 is 0 Å². The standard InChI is InChI=1S/C10H16O.C3H7NO2/c1-9(2)7-4-5-10(9,3)8(11)6-7;1-6-3(5)2-4/h7H,4-6H2,1-3H3;2,4H2,1H3. The van der Waals surface area contributed by atoms with Crippen LogP contribution in [0.15, 0.2) is 0 Å². The van der Waals surface area contributed by atoms with Gasteiger partial charge in [-0.25, -0.2) is 0 Å². The van der Waals surface area contributed by atoms with Crippen molar-refractivity contribution in [1.29, 1.82) is 0 Å². The largest absolute Gasteiger partial charge is 0.468 e. The van der Waals surface area contributed by atoms with Crippen LogP contribution >= 0.6 is 0 Å². The average molecular weight is 241 g/mol. The number of hydrogen-bond donors (Lipinski definition) is 1. The van der Waals surface area contributed by atoms with Gasteiger partial charge in [0, 0.05) is 11.8 Å². The summed E-state index contributed by atoms with van der Waals surface area (Å²) in [6.07, 6.45) is 3.25. The minimum atomic E-state index is -0.380. The van der Waals surface area contributed by atoms with Crippen LogP contribution in [0.2, 0.25) is 0 Å². The van der Waals surface area contributed by atoms with Gasteiger partial charge in [0.1, 0.15) is 5.78 Å². The molecular formula is C13H23NO3. The Balaban J connectivity index is 0.000000209. The highest BCUT2D eigenvalue weighted by molar-refractivity contribution is 5.89. The molecule has 0 aliphatic heterocycles. The summed E-state index contributed by atoms with van der Waals surface area (Å²) in [6.45, 7) is 6.64. The van der Waals surface area contributed by atoms with Crippen LogP contribution in [0.4, 0.5) is 0 Å². The van der Waals surface area contributed by atoms with Crippen LogP contribution in [0.1, 0.15) is 40.0 Å². The number of fused-ring (bicyclic) bond motifs is 2. The quantitative estimate of drug-likeness (QED) is 0.707. The summed E-state index contributed by atoms with van der Waals surface area (Å²) in [4.78, 5) is 21.4. The van der Waals surface area contributed by atoms with Gasteiger partial charge in [0.05, 0.1) is 13.7 Å². The Morgan fingerprint density at radius 1 is 1.47 bits per heavy atom. The first kappa shape index (κ1) is 14.2. The van der Waals surface area contributed by atoms with Crippen LogP contribution in [0.3, 0.4) is 0 Å². The van der Waals surface area contributed by atoms with Crippen molar-refractivity contribution in [2.24, 2.45) is 22.5 Å². The molecule has 2 unspecified atom stereocenters. The number of Topliss-reactive ketones (excluding diaryl/α,β-unsaturated/α-hetero) is 1. The predicted octanol–water partition coefficient (Wildman–Crippen LogP) is 1.52. The number of methoxy groups -OCH3 is 1. The molecule has 2 aliphatic rings. The smallest absolute Gasteiger partial charge is 0.319 e. The van der Waals surface area contributed by atoms with E-state index in [1.165, 1.54) is 13.5 Å². The molecule has 4 heteroatoms. The highest BCUT2D eigenvalue weighted by Gasteiger charge is 2.61. The molecule has 0 heterocycles. The van der Waals surface area contributed by atoms with E-state index < -0.39 is 0 Å². The van der Waals surface area contributed by atoms with Crippen LogP contribution in [-0.2, 0) is 14.3 Å². The molecule has 2 bridgehead atoms. The summed E-state index contributed by atoms with van der Waals surface area (Å²) in [5, 5.41) is 0. The third-order valence-electron chi connectivity index (χ3n) is 4.88. The first-order chi connectivity index (χ1) is 7.79. The van der Waals surface area contributed by atoms with Crippen molar-refractivity contribution in [3.8, 4) is 0 Å². The monoisotopic (exact) mass is 241 g/mol. The molecular weight excluding hydrogens is 218 g/mol. The van der Waals surface area contributed by atoms with E-state index in [2.05, 4.69) is 25.5 Å². The van der Waals surface area contributed by atoms with E-state index in [-0.39, 0.29) is 23.3 Å². The Morgan fingerprint density at radius 3 is 2.18 bits per heavy atom. The summed E-state index contributed by atoms with van der Waals surface area (Å²) in [6, 6.07) is 0. The van der Waals surface area contributed by atoms with Gasteiger partial charge in [-0.3, -0.25) is 9.59 Å². The van der Waals surface area contributed by atoms with Crippen LogP contribution in [0.25, 0.3) is 0 Å². The fourth-order valence-electron chi connectivity index (χ4n) is 2.98. The summed E-state index contributed by atoms with van der Waals surface area (Å²) in [5.74, 6) is 0.814. The van der Waals surface area contributed by atoms with Crippen molar-refractivity contribution < 1.29 is 14.3 Å². The van der Waals surface area contributed by atoms with Crippen molar-refractivity contribution in [3.05, 3.63) is 0 Å². The summed E-state index contributed by atoms with van der Waals surface area (Å²) < 4.78 is 4.14. The lowest BCUT2D eigenvalue weighted by atomic mass is 9.70. The molecule has 2 saturated carbocycles. The van der Waals surface area contributed by atoms with Crippen molar-refractivity contribution >= 4 is 11.8 Å². The topological polar surface area (TPSA) is 69.4 Å². The zero-order chi connectivity index (χ0) is 13.3. The Hall–Kier alpha value is -0.900.